The van der Waals surface area contributed by atoms with Crippen molar-refractivity contribution in [1.82, 2.24) is 9.55 Å². The van der Waals surface area contributed by atoms with Gasteiger partial charge >= 0.3 is 5.69 Å². The molecule has 1 saturated carbocycles. The molecule has 2 rings (SSSR count). The highest BCUT2D eigenvalue weighted by atomic mass is 16.1. The molecule has 0 aromatic carbocycles. The number of aryl methyl sites for hydroxylation is 1. The zero-order valence-electron chi connectivity index (χ0n) is 7.34. The van der Waals surface area contributed by atoms with Crippen molar-refractivity contribution in [2.75, 3.05) is 0 Å². The second kappa shape index (κ2) is 2.81. The number of nitrogens with one attached hydrogen (secondary N) is 1. The van der Waals surface area contributed by atoms with Crippen molar-refractivity contribution in [3.05, 3.63) is 22.4 Å². The average molecular weight is 166 g/mol. The third kappa shape index (κ3) is 1.19. The van der Waals surface area contributed by atoms with Gasteiger partial charge in [-0.15, -0.1) is 0 Å². The molecular weight excluding hydrogens is 152 g/mol. The van der Waals surface area contributed by atoms with E-state index in [1.165, 1.54) is 12.8 Å². The Kier molecular flexibility index (Phi) is 1.79. The van der Waals surface area contributed by atoms with Crippen molar-refractivity contribution in [1.29, 1.82) is 0 Å². The van der Waals surface area contributed by atoms with E-state index in [-0.39, 0.29) is 5.69 Å². The van der Waals surface area contributed by atoms with Crippen LogP contribution in [-0.2, 0) is 0 Å². The molecule has 1 aliphatic carbocycles. The van der Waals surface area contributed by atoms with Crippen molar-refractivity contribution >= 4 is 0 Å². The van der Waals surface area contributed by atoms with E-state index in [1.54, 1.807) is 0 Å². The van der Waals surface area contributed by atoms with Crippen molar-refractivity contribution in [2.24, 2.45) is 0 Å². The summed E-state index contributed by atoms with van der Waals surface area (Å²) in [7, 11) is 0. The summed E-state index contributed by atoms with van der Waals surface area (Å²) >= 11 is 0. The van der Waals surface area contributed by atoms with E-state index in [1.807, 2.05) is 17.7 Å². The molecule has 1 fully saturated rings. The molecule has 0 aliphatic heterocycles. The van der Waals surface area contributed by atoms with E-state index < -0.39 is 0 Å². The Labute approximate surface area is 71.4 Å². The van der Waals surface area contributed by atoms with Gasteiger partial charge in [0.25, 0.3) is 0 Å². The number of H-pyrrole nitrogens is 1. The van der Waals surface area contributed by atoms with Gasteiger partial charge in [0.05, 0.1) is 0 Å². The molecular formula is C9H14N2O. The summed E-state index contributed by atoms with van der Waals surface area (Å²) < 4.78 is 1.85. The predicted octanol–water partition coefficient (Wildman–Crippen LogP) is 1.60. The summed E-state index contributed by atoms with van der Waals surface area (Å²) in [6.45, 7) is 1.92. The van der Waals surface area contributed by atoms with Crippen molar-refractivity contribution in [3.63, 3.8) is 0 Å². The summed E-state index contributed by atoms with van der Waals surface area (Å²) in [6, 6.07) is 0.461. The maximum atomic E-state index is 11.3. The van der Waals surface area contributed by atoms with Crippen LogP contribution in [0, 0.1) is 6.92 Å². The van der Waals surface area contributed by atoms with E-state index in [0.717, 1.165) is 18.5 Å². The zero-order valence-corrected chi connectivity index (χ0v) is 7.34. The second-order valence-electron chi connectivity index (χ2n) is 3.59. The Morgan fingerprint density at radius 1 is 1.50 bits per heavy atom. The number of hydrogen-bond donors (Lipinski definition) is 1. The Morgan fingerprint density at radius 3 is 2.67 bits per heavy atom. The normalized spacial score (nSPS) is 18.8. The molecule has 0 amide bonds. The van der Waals surface area contributed by atoms with Crippen LogP contribution in [0.15, 0.2) is 11.0 Å². The zero-order chi connectivity index (χ0) is 8.55. The molecule has 1 aromatic rings. The van der Waals surface area contributed by atoms with Crippen LogP contribution in [0.25, 0.3) is 0 Å². The average Bonchev–Trinajstić information content (AvgIpc) is 2.58. The molecule has 1 aromatic heterocycles. The van der Waals surface area contributed by atoms with Crippen LogP contribution in [0.5, 0.6) is 0 Å². The lowest BCUT2D eigenvalue weighted by Crippen LogP contribution is -2.19. The molecule has 0 unspecified atom stereocenters. The smallest absolute Gasteiger partial charge is 0.310 e. The van der Waals surface area contributed by atoms with E-state index >= 15 is 0 Å². The van der Waals surface area contributed by atoms with E-state index in [9.17, 15) is 4.79 Å². The van der Waals surface area contributed by atoms with Gasteiger partial charge in [-0.25, -0.2) is 4.79 Å². The largest absolute Gasteiger partial charge is 0.325 e. The molecule has 3 nitrogen and oxygen atoms in total. The van der Waals surface area contributed by atoms with Crippen LogP contribution in [0.4, 0.5) is 0 Å². The highest BCUT2D eigenvalue weighted by Crippen LogP contribution is 2.27. The van der Waals surface area contributed by atoms with Crippen LogP contribution in [-0.4, -0.2) is 9.55 Å². The molecule has 1 N–H and O–H groups in total. The minimum Gasteiger partial charge on any atom is -0.310 e. The van der Waals surface area contributed by atoms with Crippen molar-refractivity contribution in [2.45, 2.75) is 38.6 Å². The van der Waals surface area contributed by atoms with Gasteiger partial charge in [-0.3, -0.25) is 4.57 Å². The van der Waals surface area contributed by atoms with E-state index in [2.05, 4.69) is 4.98 Å². The Bertz CT molecular complexity index is 318. The van der Waals surface area contributed by atoms with Gasteiger partial charge < -0.3 is 4.98 Å². The van der Waals surface area contributed by atoms with Crippen molar-refractivity contribution < 1.29 is 0 Å². The lowest BCUT2D eigenvalue weighted by Gasteiger charge is -2.07. The Balaban J connectivity index is 2.32. The molecule has 0 spiro atoms. The SMILES string of the molecule is Cc1cn(C2CCCC2)c(=O)[nH]1. The van der Waals surface area contributed by atoms with Crippen LogP contribution < -0.4 is 5.69 Å². The van der Waals surface area contributed by atoms with Gasteiger partial charge in [-0.05, 0) is 19.8 Å². The van der Waals surface area contributed by atoms with Crippen LogP contribution in [0.3, 0.4) is 0 Å². The summed E-state index contributed by atoms with van der Waals surface area (Å²) in [6.07, 6.45) is 6.79. The molecule has 0 radical (unpaired) electrons. The summed E-state index contributed by atoms with van der Waals surface area (Å²) in [4.78, 5) is 14.1. The van der Waals surface area contributed by atoms with Crippen molar-refractivity contribution in [3.8, 4) is 0 Å². The number of rotatable bonds is 1. The Morgan fingerprint density at radius 2 is 2.17 bits per heavy atom. The van der Waals surface area contributed by atoms with Gasteiger partial charge in [0.2, 0.25) is 0 Å². The fourth-order valence-electron chi connectivity index (χ4n) is 1.99. The molecule has 12 heavy (non-hydrogen) atoms. The molecule has 3 heteroatoms. The summed E-state index contributed by atoms with van der Waals surface area (Å²) in [5.41, 5.74) is 1.02. The van der Waals surface area contributed by atoms with Gasteiger partial charge in [-0.1, -0.05) is 12.8 Å². The molecule has 0 bridgehead atoms. The number of aromatic nitrogens is 2. The molecule has 1 aliphatic rings. The molecule has 0 atom stereocenters. The minimum atomic E-state index is 0.0550. The summed E-state index contributed by atoms with van der Waals surface area (Å²) in [5, 5.41) is 0. The molecule has 0 saturated heterocycles. The highest BCUT2D eigenvalue weighted by Gasteiger charge is 2.18. The van der Waals surface area contributed by atoms with Crippen LogP contribution in [0.1, 0.15) is 37.4 Å². The first-order chi connectivity index (χ1) is 5.77. The van der Waals surface area contributed by atoms with E-state index in [0.29, 0.717) is 6.04 Å². The third-order valence-corrected chi connectivity index (χ3v) is 2.59. The topological polar surface area (TPSA) is 37.8 Å². The quantitative estimate of drug-likeness (QED) is 0.676. The number of hydrogen-bond acceptors (Lipinski definition) is 1. The maximum absolute atomic E-state index is 11.3. The van der Waals surface area contributed by atoms with Gasteiger partial charge in [0.15, 0.2) is 0 Å². The number of imidazole rings is 1. The first-order valence-corrected chi connectivity index (χ1v) is 4.55. The van der Waals surface area contributed by atoms with Gasteiger partial charge in [0.1, 0.15) is 0 Å². The standard InChI is InChI=1S/C9H14N2O/c1-7-6-11(9(12)10-7)8-4-2-3-5-8/h6,8H,2-5H2,1H3,(H,10,12). The molecule has 66 valence electrons. The maximum Gasteiger partial charge on any atom is 0.325 e. The predicted molar refractivity (Wildman–Crippen MR) is 47.3 cm³/mol. The fourth-order valence-corrected chi connectivity index (χ4v) is 1.99. The molecule has 1 heterocycles. The fraction of sp³-hybridized carbons (Fsp3) is 0.667. The number of nitrogens with zero attached hydrogens (tertiary/aromatic N) is 1. The summed E-state index contributed by atoms with van der Waals surface area (Å²) in [5.74, 6) is 0. The third-order valence-electron chi connectivity index (χ3n) is 2.59. The Hall–Kier alpha value is -0.990. The number of aromatic amines is 1. The van der Waals surface area contributed by atoms with Crippen LogP contribution >= 0.6 is 0 Å². The lowest BCUT2D eigenvalue weighted by molar-refractivity contribution is 0.504. The first-order valence-electron chi connectivity index (χ1n) is 4.55. The highest BCUT2D eigenvalue weighted by molar-refractivity contribution is 4.95. The van der Waals surface area contributed by atoms with Gasteiger partial charge in [-0.2, -0.15) is 0 Å². The minimum absolute atomic E-state index is 0.0550. The second-order valence-corrected chi connectivity index (χ2v) is 3.59. The van der Waals surface area contributed by atoms with E-state index in [4.69, 9.17) is 0 Å². The first kappa shape index (κ1) is 7.65. The van der Waals surface area contributed by atoms with Gasteiger partial charge in [0, 0.05) is 17.9 Å². The van der Waals surface area contributed by atoms with Crippen LogP contribution in [0.2, 0.25) is 0 Å². The lowest BCUT2D eigenvalue weighted by atomic mass is 10.2. The monoisotopic (exact) mass is 166 g/mol.